The molecule has 0 saturated carbocycles. The summed E-state index contributed by atoms with van der Waals surface area (Å²) in [4.78, 5) is 25.4. The average Bonchev–Trinajstić information content (AvgIpc) is 1.87. The van der Waals surface area contributed by atoms with Crippen LogP contribution < -0.4 is 5.48 Å². The first-order valence-corrected chi connectivity index (χ1v) is 3.22. The molecule has 5 heteroatoms. The maximum absolute atomic E-state index is 10.6. The van der Waals surface area contributed by atoms with Crippen molar-refractivity contribution in [2.75, 3.05) is 13.7 Å². The van der Waals surface area contributed by atoms with E-state index < -0.39 is 11.9 Å². The Hall–Kier alpha value is -1.10. The topological polar surface area (TPSA) is 64.6 Å². The summed E-state index contributed by atoms with van der Waals surface area (Å²) >= 11 is 0. The normalized spacial score (nSPS) is 8.91. The molecule has 0 bridgehead atoms. The van der Waals surface area contributed by atoms with Crippen molar-refractivity contribution < 1.29 is 19.2 Å². The van der Waals surface area contributed by atoms with E-state index in [2.05, 4.69) is 15.1 Å². The molecule has 0 aliphatic carbocycles. The van der Waals surface area contributed by atoms with Crippen molar-refractivity contribution in [1.82, 2.24) is 5.48 Å². The fourth-order valence-electron chi connectivity index (χ4n) is 0.480. The molecule has 0 heterocycles. The quantitative estimate of drug-likeness (QED) is 0.346. The van der Waals surface area contributed by atoms with Gasteiger partial charge in [0.15, 0.2) is 0 Å². The van der Waals surface area contributed by atoms with Gasteiger partial charge in [-0.3, -0.25) is 4.79 Å². The number of carbonyl (C=O) groups is 2. The zero-order valence-corrected chi connectivity index (χ0v) is 6.55. The minimum Gasteiger partial charge on any atom is -0.466 e. The molecule has 1 N–H and O–H groups in total. The summed E-state index contributed by atoms with van der Waals surface area (Å²) in [5.74, 6) is -1.22. The molecule has 0 aliphatic heterocycles. The predicted octanol–water partition coefficient (Wildman–Crippen LogP) is -0.383. The summed E-state index contributed by atoms with van der Waals surface area (Å²) in [6.07, 6.45) is -0.353. The molecule has 0 aromatic carbocycles. The third-order valence-corrected chi connectivity index (χ3v) is 0.810. The average molecular weight is 161 g/mol. The van der Waals surface area contributed by atoms with Crippen molar-refractivity contribution >= 4 is 11.9 Å². The Morgan fingerprint density at radius 2 is 2.00 bits per heavy atom. The summed E-state index contributed by atoms with van der Waals surface area (Å²) in [6.45, 7) is 1.94. The van der Waals surface area contributed by atoms with Gasteiger partial charge in [0, 0.05) is 7.05 Å². The van der Waals surface area contributed by atoms with Crippen LogP contribution in [-0.4, -0.2) is 25.6 Å². The van der Waals surface area contributed by atoms with Gasteiger partial charge in [-0.1, -0.05) is 0 Å². The molecule has 0 spiro atoms. The lowest BCUT2D eigenvalue weighted by Crippen LogP contribution is -2.19. The SMILES string of the molecule is CCOC(=O)CC(=O)ONC. The van der Waals surface area contributed by atoms with Crippen molar-refractivity contribution in [2.45, 2.75) is 13.3 Å². The molecule has 0 amide bonds. The molecular weight excluding hydrogens is 150 g/mol. The van der Waals surface area contributed by atoms with E-state index in [4.69, 9.17) is 0 Å². The highest BCUT2D eigenvalue weighted by Gasteiger charge is 2.10. The first kappa shape index (κ1) is 9.90. The second kappa shape index (κ2) is 5.67. The third-order valence-electron chi connectivity index (χ3n) is 0.810. The molecule has 0 aromatic rings. The van der Waals surface area contributed by atoms with Crippen LogP contribution in [0.15, 0.2) is 0 Å². The van der Waals surface area contributed by atoms with Crippen LogP contribution in [0.5, 0.6) is 0 Å². The highest BCUT2D eigenvalue weighted by Crippen LogP contribution is 1.87. The van der Waals surface area contributed by atoms with Gasteiger partial charge in [-0.25, -0.2) is 4.79 Å². The standard InChI is InChI=1S/C6H11NO4/c1-3-10-5(8)4-6(9)11-7-2/h7H,3-4H2,1-2H3. The van der Waals surface area contributed by atoms with Gasteiger partial charge in [-0.2, -0.15) is 5.48 Å². The Morgan fingerprint density at radius 3 is 2.45 bits per heavy atom. The number of nitrogens with one attached hydrogen (secondary N) is 1. The van der Waals surface area contributed by atoms with Gasteiger partial charge < -0.3 is 9.57 Å². The second-order valence-corrected chi connectivity index (χ2v) is 1.66. The monoisotopic (exact) mass is 161 g/mol. The van der Waals surface area contributed by atoms with E-state index in [1.807, 2.05) is 0 Å². The Kier molecular flexibility index (Phi) is 5.10. The number of hydrogen-bond acceptors (Lipinski definition) is 5. The van der Waals surface area contributed by atoms with E-state index >= 15 is 0 Å². The van der Waals surface area contributed by atoms with E-state index in [1.54, 1.807) is 6.92 Å². The molecule has 0 radical (unpaired) electrons. The number of ether oxygens (including phenoxy) is 1. The first-order valence-electron chi connectivity index (χ1n) is 3.22. The van der Waals surface area contributed by atoms with Crippen molar-refractivity contribution in [1.29, 1.82) is 0 Å². The van der Waals surface area contributed by atoms with Gasteiger partial charge in [0.1, 0.15) is 6.42 Å². The molecule has 0 saturated heterocycles. The van der Waals surface area contributed by atoms with Gasteiger partial charge in [0.05, 0.1) is 6.61 Å². The lowest BCUT2D eigenvalue weighted by Gasteiger charge is -2.00. The Bertz CT molecular complexity index is 130. The van der Waals surface area contributed by atoms with E-state index in [1.165, 1.54) is 7.05 Å². The maximum atomic E-state index is 10.6. The predicted molar refractivity (Wildman–Crippen MR) is 36.4 cm³/mol. The second-order valence-electron chi connectivity index (χ2n) is 1.66. The number of hydrogen-bond donors (Lipinski definition) is 1. The van der Waals surface area contributed by atoms with E-state index in [0.717, 1.165) is 0 Å². The molecular formula is C6H11NO4. The van der Waals surface area contributed by atoms with Crippen molar-refractivity contribution in [3.63, 3.8) is 0 Å². The molecule has 0 fully saturated rings. The van der Waals surface area contributed by atoms with Crippen molar-refractivity contribution in [3.8, 4) is 0 Å². The van der Waals surface area contributed by atoms with Gasteiger partial charge in [-0.05, 0) is 6.92 Å². The van der Waals surface area contributed by atoms with Gasteiger partial charge in [-0.15, -0.1) is 0 Å². The van der Waals surface area contributed by atoms with Crippen LogP contribution >= 0.6 is 0 Å². The van der Waals surface area contributed by atoms with Gasteiger partial charge in [0.25, 0.3) is 0 Å². The Labute approximate surface area is 64.6 Å². The lowest BCUT2D eigenvalue weighted by molar-refractivity contribution is -0.158. The zero-order chi connectivity index (χ0) is 8.69. The Balaban J connectivity index is 3.49. The van der Waals surface area contributed by atoms with Crippen LogP contribution in [0.2, 0.25) is 0 Å². The summed E-state index contributed by atoms with van der Waals surface area (Å²) in [6, 6.07) is 0. The van der Waals surface area contributed by atoms with Crippen LogP contribution in [0.1, 0.15) is 13.3 Å². The zero-order valence-electron chi connectivity index (χ0n) is 6.55. The molecule has 0 aromatic heterocycles. The van der Waals surface area contributed by atoms with E-state index in [-0.39, 0.29) is 13.0 Å². The Morgan fingerprint density at radius 1 is 1.36 bits per heavy atom. The van der Waals surface area contributed by atoms with Crippen LogP contribution in [0.4, 0.5) is 0 Å². The van der Waals surface area contributed by atoms with Crippen LogP contribution in [0, 0.1) is 0 Å². The molecule has 0 atom stereocenters. The third kappa shape index (κ3) is 5.35. The molecule has 5 nitrogen and oxygen atoms in total. The van der Waals surface area contributed by atoms with Crippen molar-refractivity contribution in [2.24, 2.45) is 0 Å². The lowest BCUT2D eigenvalue weighted by atomic mass is 10.4. The fraction of sp³-hybridized carbons (Fsp3) is 0.667. The molecule has 0 unspecified atom stereocenters. The maximum Gasteiger partial charge on any atom is 0.335 e. The first-order chi connectivity index (χ1) is 5.20. The number of esters is 1. The van der Waals surface area contributed by atoms with Gasteiger partial charge >= 0.3 is 11.9 Å². The largest absolute Gasteiger partial charge is 0.466 e. The van der Waals surface area contributed by atoms with E-state index in [0.29, 0.717) is 0 Å². The fourth-order valence-corrected chi connectivity index (χ4v) is 0.480. The van der Waals surface area contributed by atoms with Crippen molar-refractivity contribution in [3.05, 3.63) is 0 Å². The summed E-state index contributed by atoms with van der Waals surface area (Å²) in [5.41, 5.74) is 2.16. The smallest absolute Gasteiger partial charge is 0.335 e. The number of rotatable bonds is 4. The minimum absolute atomic E-state index is 0.270. The summed E-state index contributed by atoms with van der Waals surface area (Å²) in [5, 5.41) is 0. The van der Waals surface area contributed by atoms with Crippen LogP contribution in [0.3, 0.4) is 0 Å². The van der Waals surface area contributed by atoms with Crippen LogP contribution in [-0.2, 0) is 19.2 Å². The van der Waals surface area contributed by atoms with E-state index in [9.17, 15) is 9.59 Å². The molecule has 0 aliphatic rings. The summed E-state index contributed by atoms with van der Waals surface area (Å²) in [7, 11) is 1.43. The van der Waals surface area contributed by atoms with Gasteiger partial charge in [0.2, 0.25) is 0 Å². The molecule has 64 valence electrons. The molecule has 11 heavy (non-hydrogen) atoms. The highest BCUT2D eigenvalue weighted by atomic mass is 16.7. The minimum atomic E-state index is -0.647. The number of carbonyl (C=O) groups excluding carboxylic acids is 2. The van der Waals surface area contributed by atoms with Crippen LogP contribution in [0.25, 0.3) is 0 Å². The number of hydroxylamine groups is 1. The highest BCUT2D eigenvalue weighted by molar-refractivity contribution is 5.90. The molecule has 0 rings (SSSR count). The summed E-state index contributed by atoms with van der Waals surface area (Å²) < 4.78 is 4.49.